The summed E-state index contributed by atoms with van der Waals surface area (Å²) in [5.41, 5.74) is 4.54. The maximum Gasteiger partial charge on any atom is 1.00 e. The topological polar surface area (TPSA) is 40.5 Å². The smallest absolute Gasteiger partial charge is 1.00 e. The molecule has 0 spiro atoms. The van der Waals surface area contributed by atoms with Gasteiger partial charge in [-0.2, -0.15) is 0 Å². The number of hydrogen-bond acceptors (Lipinski definition) is 2. The van der Waals surface area contributed by atoms with Crippen LogP contribution in [-0.2, 0) is 0 Å². The second kappa shape index (κ2) is 18.7. The predicted molar refractivity (Wildman–Crippen MR) is 143 cm³/mol. The van der Waals surface area contributed by atoms with E-state index in [0.717, 1.165) is 16.7 Å². The molecule has 2 unspecified atom stereocenters. The molecule has 0 heterocycles. The minimum Gasteiger partial charge on any atom is -1.00 e. The SMILES string of the molecule is FB(F)F.OCCC(c1ccccc1)c1ccc(F)cc1.[3H+].[3H]c1ccc(C(CCO)c2ccccc2)cc1.[F-]. The molecule has 0 aliphatic heterocycles. The molecule has 0 saturated heterocycles. The van der Waals surface area contributed by atoms with Crippen LogP contribution in [0, 0.1) is 5.82 Å². The fourth-order valence-corrected chi connectivity index (χ4v) is 4.01. The Morgan fingerprint density at radius 2 is 0.921 bits per heavy atom. The van der Waals surface area contributed by atoms with Crippen molar-refractivity contribution in [2.45, 2.75) is 24.7 Å². The van der Waals surface area contributed by atoms with E-state index in [-0.39, 0.29) is 37.0 Å². The van der Waals surface area contributed by atoms with Gasteiger partial charge in [0.25, 0.3) is 0 Å². The van der Waals surface area contributed by atoms with Crippen molar-refractivity contribution in [1.82, 2.24) is 0 Å². The molecule has 0 radical (unpaired) electrons. The van der Waals surface area contributed by atoms with Crippen molar-refractivity contribution < 1.29 is 35.1 Å². The summed E-state index contributed by atoms with van der Waals surface area (Å²) in [5.74, 6) is 0.105. The summed E-state index contributed by atoms with van der Waals surface area (Å²) in [7, 11) is -3.67. The average molecular weight is 534 g/mol. The molecular weight excluding hydrogens is 498 g/mol. The molecule has 0 aliphatic carbocycles. The Labute approximate surface area is 224 Å². The zero-order chi connectivity index (χ0) is 27.8. The summed E-state index contributed by atoms with van der Waals surface area (Å²) in [4.78, 5) is 0. The summed E-state index contributed by atoms with van der Waals surface area (Å²) < 4.78 is 49.4. The van der Waals surface area contributed by atoms with Crippen LogP contribution in [0.4, 0.5) is 17.3 Å². The molecule has 0 aliphatic rings. The van der Waals surface area contributed by atoms with Crippen LogP contribution >= 0.6 is 0 Å². The molecule has 2 N–H and O–H groups in total. The van der Waals surface area contributed by atoms with Crippen molar-refractivity contribution in [2.24, 2.45) is 0 Å². The molecule has 4 aromatic carbocycles. The van der Waals surface area contributed by atoms with Crippen LogP contribution in [0.5, 0.6) is 0 Å². The van der Waals surface area contributed by atoms with Crippen molar-refractivity contribution in [1.29, 1.82) is 0 Å². The molecule has 202 valence electrons. The first-order valence-corrected chi connectivity index (χ1v) is 11.9. The van der Waals surface area contributed by atoms with Gasteiger partial charge in [0.1, 0.15) is 5.82 Å². The molecule has 2 atom stereocenters. The summed E-state index contributed by atoms with van der Waals surface area (Å²) in [6, 6.07) is 34.7. The number of aliphatic hydroxyl groups is 2. The Hall–Kier alpha value is -3.49. The monoisotopic (exact) mass is 534 g/mol. The predicted octanol–water partition coefficient (Wildman–Crippen LogP) is 4.54. The molecule has 0 saturated carbocycles. The molecule has 38 heavy (non-hydrogen) atoms. The Morgan fingerprint density at radius 1 is 0.605 bits per heavy atom. The third-order valence-electron chi connectivity index (χ3n) is 5.66. The van der Waals surface area contributed by atoms with E-state index in [4.69, 9.17) is 6.48 Å². The second-order valence-electron chi connectivity index (χ2n) is 8.08. The van der Waals surface area contributed by atoms with Crippen LogP contribution in [0.3, 0.4) is 0 Å². The molecule has 2 nitrogen and oxygen atoms in total. The van der Waals surface area contributed by atoms with Crippen molar-refractivity contribution in [2.75, 3.05) is 13.2 Å². The fraction of sp³-hybridized carbons (Fsp3) is 0.200. The number of aliphatic hydroxyl groups excluding tert-OH is 2. The highest BCUT2D eigenvalue weighted by molar-refractivity contribution is 6.33. The van der Waals surface area contributed by atoms with Gasteiger partial charge in [-0.3, -0.25) is 12.9 Å². The molecule has 0 fully saturated rings. The molecule has 0 amide bonds. The molecule has 0 aromatic heterocycles. The number of rotatable bonds is 8. The molecule has 0 bridgehead atoms. The van der Waals surface area contributed by atoms with Crippen molar-refractivity contribution in [3.05, 3.63) is 143 Å². The fourth-order valence-electron chi connectivity index (χ4n) is 4.01. The average Bonchev–Trinajstić information content (AvgIpc) is 2.93. The van der Waals surface area contributed by atoms with Crippen LogP contribution in [0.2, 0.25) is 0 Å². The third kappa shape index (κ3) is 11.7. The normalized spacial score (nSPS) is 11.8. The van der Waals surface area contributed by atoms with Gasteiger partial charge >= 0.3 is 8.97 Å². The zero-order valence-corrected chi connectivity index (χ0v) is 20.7. The van der Waals surface area contributed by atoms with Gasteiger partial charge in [-0.25, -0.2) is 4.39 Å². The third-order valence-corrected chi connectivity index (χ3v) is 5.66. The van der Waals surface area contributed by atoms with E-state index < -0.39 is 7.54 Å². The molecule has 8 heteroatoms. The highest BCUT2D eigenvalue weighted by Gasteiger charge is 2.13. The Bertz CT molecular complexity index is 1060. The van der Waals surface area contributed by atoms with Gasteiger partial charge in [-0.05, 0) is 47.2 Å². The van der Waals surface area contributed by atoms with Gasteiger partial charge < -0.3 is 14.9 Å². The lowest BCUT2D eigenvalue weighted by molar-refractivity contribution is -0.0000130. The van der Waals surface area contributed by atoms with E-state index >= 15 is 0 Å². The minimum atomic E-state index is -3.67. The Kier molecular flexibility index (Phi) is 15.1. The van der Waals surface area contributed by atoms with Crippen LogP contribution in [0.25, 0.3) is 0 Å². The molecular formula is C30H32BF5O2. The van der Waals surface area contributed by atoms with E-state index in [1.807, 2.05) is 60.7 Å². The lowest BCUT2D eigenvalue weighted by atomic mass is 9.89. The zero-order valence-electron chi connectivity index (χ0n) is 22.7. The minimum absolute atomic E-state index is 0. The van der Waals surface area contributed by atoms with E-state index in [1.165, 1.54) is 17.7 Å². The second-order valence-corrected chi connectivity index (χ2v) is 8.08. The van der Waals surface area contributed by atoms with Gasteiger partial charge in [0.2, 0.25) is 0 Å². The summed E-state index contributed by atoms with van der Waals surface area (Å²) in [6.07, 6.45) is 1.36. The van der Waals surface area contributed by atoms with E-state index in [2.05, 4.69) is 12.1 Å². The van der Waals surface area contributed by atoms with Crippen LogP contribution in [-0.4, -0.2) is 31.0 Å². The van der Waals surface area contributed by atoms with E-state index in [0.29, 0.717) is 18.9 Å². The van der Waals surface area contributed by atoms with E-state index in [9.17, 15) is 22.4 Å². The highest BCUT2D eigenvalue weighted by atomic mass is 19.4. The lowest BCUT2D eigenvalue weighted by Gasteiger charge is -2.16. The highest BCUT2D eigenvalue weighted by Crippen LogP contribution is 2.28. The summed E-state index contributed by atoms with van der Waals surface area (Å²) in [6.45, 7) is 0.291. The summed E-state index contributed by atoms with van der Waals surface area (Å²) >= 11 is 0. The molecule has 4 rings (SSSR count). The quantitative estimate of drug-likeness (QED) is 0.258. The standard InChI is InChI=1S/C15H15FO.C15H16O.BF3.FH/c16-14-8-6-13(7-9-14)15(10-11-17)12-4-2-1-3-5-12;16-12-11-15(13-7-3-1-4-8-13)14-9-5-2-6-10-14;2-1(3)4;/h1-9,15,17H,10-11H2;1-10,15-16H,11-12H2;;1H/i;1T;;/hT. The Balaban J connectivity index is 0.000000643. The molecule has 4 aromatic rings. The van der Waals surface area contributed by atoms with Gasteiger partial charge in [0, 0.05) is 25.0 Å². The first kappa shape index (κ1) is 30.7. The van der Waals surface area contributed by atoms with Gasteiger partial charge in [0.15, 0.2) is 0 Å². The van der Waals surface area contributed by atoms with Gasteiger partial charge in [0.05, 0.1) is 1.37 Å². The number of benzene rings is 4. The maximum atomic E-state index is 12.9. The number of hydrogen-bond donors (Lipinski definition) is 2. The van der Waals surface area contributed by atoms with Crippen molar-refractivity contribution in [3.8, 4) is 0 Å². The van der Waals surface area contributed by atoms with Crippen molar-refractivity contribution >= 4 is 7.54 Å². The summed E-state index contributed by atoms with van der Waals surface area (Å²) in [5, 5.41) is 18.3. The first-order valence-electron chi connectivity index (χ1n) is 12.4. The largest absolute Gasteiger partial charge is 1.00 e. The first-order chi connectivity index (χ1) is 18.3. The van der Waals surface area contributed by atoms with E-state index in [1.54, 1.807) is 24.3 Å². The van der Waals surface area contributed by atoms with Crippen LogP contribution in [0.15, 0.2) is 115 Å². The van der Waals surface area contributed by atoms with Crippen molar-refractivity contribution in [3.63, 3.8) is 0 Å². The van der Waals surface area contributed by atoms with Crippen LogP contribution < -0.4 is 4.70 Å². The lowest BCUT2D eigenvalue weighted by Crippen LogP contribution is -3.00. The maximum absolute atomic E-state index is 12.9. The number of halogens is 5. The Morgan fingerprint density at radius 3 is 1.26 bits per heavy atom. The van der Waals surface area contributed by atoms with Crippen LogP contribution in [0.1, 0.15) is 49.7 Å². The van der Waals surface area contributed by atoms with Gasteiger partial charge in [-0.1, -0.05) is 103 Å². The van der Waals surface area contributed by atoms with Gasteiger partial charge in [-0.15, -0.1) is 0 Å².